The van der Waals surface area contributed by atoms with E-state index in [4.69, 9.17) is 4.74 Å². The first-order valence-corrected chi connectivity index (χ1v) is 9.62. The van der Waals surface area contributed by atoms with Gasteiger partial charge in [-0.2, -0.15) is 13.2 Å². The van der Waals surface area contributed by atoms with Gasteiger partial charge in [0.2, 0.25) is 0 Å². The second-order valence-corrected chi connectivity index (χ2v) is 7.70. The molecule has 5 rings (SSSR count). The van der Waals surface area contributed by atoms with Gasteiger partial charge in [0.05, 0.1) is 17.9 Å². The average Bonchev–Trinajstić information content (AvgIpc) is 2.82. The standard InChI is InChI=1S/C21H21F3N2O2/c22-21(23,24)17-10-13(27)2-3-14(17)12-8-15-16-11-25-5-4-18(16)26-6-1-7-28-19(9-12)20(15)26/h2-3,8-10,16,18,25,27H,1,4-7,11H2/t16-,18-/m0/s1. The molecule has 1 saturated heterocycles. The smallest absolute Gasteiger partial charge is 0.417 e. The summed E-state index contributed by atoms with van der Waals surface area (Å²) in [7, 11) is 0. The number of phenolic OH excluding ortho intramolecular Hbond substituents is 1. The van der Waals surface area contributed by atoms with E-state index < -0.39 is 17.5 Å². The first kappa shape index (κ1) is 17.7. The monoisotopic (exact) mass is 390 g/mol. The molecule has 0 radical (unpaired) electrons. The first-order valence-electron chi connectivity index (χ1n) is 9.62. The molecule has 2 atom stereocenters. The molecule has 0 spiro atoms. The lowest BCUT2D eigenvalue weighted by Gasteiger charge is -2.33. The molecule has 0 aliphatic carbocycles. The molecule has 2 aromatic carbocycles. The van der Waals surface area contributed by atoms with Crippen molar-refractivity contribution in [2.45, 2.75) is 31.0 Å². The predicted molar refractivity (Wildman–Crippen MR) is 100 cm³/mol. The summed E-state index contributed by atoms with van der Waals surface area (Å²) < 4.78 is 46.8. The zero-order valence-corrected chi connectivity index (χ0v) is 15.2. The third-order valence-electron chi connectivity index (χ3n) is 6.06. The molecule has 0 unspecified atom stereocenters. The Kier molecular flexibility index (Phi) is 3.98. The van der Waals surface area contributed by atoms with Crippen LogP contribution < -0.4 is 15.0 Å². The van der Waals surface area contributed by atoms with E-state index in [1.807, 2.05) is 6.07 Å². The van der Waals surface area contributed by atoms with Crippen molar-refractivity contribution < 1.29 is 23.0 Å². The molecule has 4 nitrogen and oxygen atoms in total. The molecule has 3 heterocycles. The summed E-state index contributed by atoms with van der Waals surface area (Å²) in [6.07, 6.45) is -2.64. The Morgan fingerprint density at radius 1 is 1.18 bits per heavy atom. The van der Waals surface area contributed by atoms with Crippen LogP contribution in [0.15, 0.2) is 30.3 Å². The topological polar surface area (TPSA) is 44.7 Å². The highest BCUT2D eigenvalue weighted by atomic mass is 19.4. The van der Waals surface area contributed by atoms with Gasteiger partial charge < -0.3 is 20.1 Å². The van der Waals surface area contributed by atoms with Crippen LogP contribution in [0, 0.1) is 0 Å². The van der Waals surface area contributed by atoms with Gasteiger partial charge >= 0.3 is 6.18 Å². The van der Waals surface area contributed by atoms with Gasteiger partial charge in [0.15, 0.2) is 0 Å². The van der Waals surface area contributed by atoms with Crippen LogP contribution in [0.25, 0.3) is 11.1 Å². The van der Waals surface area contributed by atoms with Gasteiger partial charge in [-0.25, -0.2) is 0 Å². The number of hydrogen-bond acceptors (Lipinski definition) is 4. The van der Waals surface area contributed by atoms with Crippen LogP contribution in [-0.4, -0.2) is 37.4 Å². The summed E-state index contributed by atoms with van der Waals surface area (Å²) in [5.74, 6) is 0.519. The van der Waals surface area contributed by atoms with Crippen molar-refractivity contribution in [3.63, 3.8) is 0 Å². The molecule has 3 aliphatic heterocycles. The second-order valence-electron chi connectivity index (χ2n) is 7.70. The lowest BCUT2D eigenvalue weighted by atomic mass is 9.88. The van der Waals surface area contributed by atoms with Crippen LogP contribution in [0.4, 0.5) is 18.9 Å². The maximum Gasteiger partial charge on any atom is 0.417 e. The molecule has 7 heteroatoms. The number of nitrogens with zero attached hydrogens (tertiary/aromatic N) is 1. The summed E-state index contributed by atoms with van der Waals surface area (Å²) in [4.78, 5) is 2.40. The highest BCUT2D eigenvalue weighted by Gasteiger charge is 2.43. The Hall–Kier alpha value is -2.41. The van der Waals surface area contributed by atoms with Gasteiger partial charge in [-0.15, -0.1) is 0 Å². The van der Waals surface area contributed by atoms with Crippen molar-refractivity contribution in [2.75, 3.05) is 31.1 Å². The van der Waals surface area contributed by atoms with E-state index in [0.29, 0.717) is 24.0 Å². The first-order chi connectivity index (χ1) is 13.4. The molecular weight excluding hydrogens is 369 g/mol. The van der Waals surface area contributed by atoms with Crippen molar-refractivity contribution in [1.82, 2.24) is 5.32 Å². The number of alkyl halides is 3. The van der Waals surface area contributed by atoms with Crippen LogP contribution >= 0.6 is 0 Å². The number of anilines is 1. The van der Waals surface area contributed by atoms with Crippen LogP contribution in [0.5, 0.6) is 11.5 Å². The molecule has 0 saturated carbocycles. The van der Waals surface area contributed by atoms with E-state index in [9.17, 15) is 18.3 Å². The van der Waals surface area contributed by atoms with E-state index in [1.165, 1.54) is 12.1 Å². The summed E-state index contributed by atoms with van der Waals surface area (Å²) in [5, 5.41) is 13.0. The van der Waals surface area contributed by atoms with Gasteiger partial charge in [-0.05, 0) is 60.3 Å². The number of phenols is 1. The molecule has 0 amide bonds. The zero-order valence-electron chi connectivity index (χ0n) is 15.2. The molecule has 0 bridgehead atoms. The van der Waals surface area contributed by atoms with E-state index >= 15 is 0 Å². The number of benzene rings is 2. The van der Waals surface area contributed by atoms with Gasteiger partial charge in [0.1, 0.15) is 11.5 Å². The van der Waals surface area contributed by atoms with Gasteiger partial charge in [-0.3, -0.25) is 0 Å². The van der Waals surface area contributed by atoms with Gasteiger partial charge in [0, 0.05) is 25.0 Å². The molecule has 3 aliphatic rings. The predicted octanol–water partition coefficient (Wildman–Crippen LogP) is 4.13. The Labute approximate surface area is 160 Å². The van der Waals surface area contributed by atoms with E-state index in [0.717, 1.165) is 49.8 Å². The zero-order chi connectivity index (χ0) is 19.5. The number of hydrogen-bond donors (Lipinski definition) is 2. The highest BCUT2D eigenvalue weighted by molar-refractivity contribution is 5.80. The molecule has 0 aromatic heterocycles. The lowest BCUT2D eigenvalue weighted by molar-refractivity contribution is -0.137. The van der Waals surface area contributed by atoms with Crippen molar-refractivity contribution >= 4 is 5.69 Å². The highest BCUT2D eigenvalue weighted by Crippen LogP contribution is 2.51. The summed E-state index contributed by atoms with van der Waals surface area (Å²) in [6, 6.07) is 7.41. The minimum Gasteiger partial charge on any atom is -0.508 e. The van der Waals surface area contributed by atoms with Crippen LogP contribution in [0.3, 0.4) is 0 Å². The fourth-order valence-electron chi connectivity index (χ4n) is 4.90. The molecule has 28 heavy (non-hydrogen) atoms. The molecule has 2 N–H and O–H groups in total. The molecular formula is C21H21F3N2O2. The maximum atomic E-state index is 13.6. The number of nitrogens with one attached hydrogen (secondary N) is 1. The fourth-order valence-corrected chi connectivity index (χ4v) is 4.90. The number of aromatic hydroxyl groups is 1. The van der Waals surface area contributed by atoms with Crippen LogP contribution in [0.2, 0.25) is 0 Å². The maximum absolute atomic E-state index is 13.6. The van der Waals surface area contributed by atoms with Crippen molar-refractivity contribution in [2.24, 2.45) is 0 Å². The minimum atomic E-state index is -4.55. The quantitative estimate of drug-likeness (QED) is 0.769. The Bertz CT molecular complexity index is 929. The van der Waals surface area contributed by atoms with Gasteiger partial charge in [-0.1, -0.05) is 6.07 Å². The summed E-state index contributed by atoms with van der Waals surface area (Å²) in [6.45, 7) is 3.24. The van der Waals surface area contributed by atoms with E-state index in [1.54, 1.807) is 6.07 Å². The lowest BCUT2D eigenvalue weighted by Crippen LogP contribution is -2.44. The number of rotatable bonds is 1. The third kappa shape index (κ3) is 2.71. The minimum absolute atomic E-state index is 0.0657. The Morgan fingerprint density at radius 3 is 2.86 bits per heavy atom. The van der Waals surface area contributed by atoms with Crippen LogP contribution in [0.1, 0.15) is 29.9 Å². The largest absolute Gasteiger partial charge is 0.508 e. The number of piperidine rings is 1. The average molecular weight is 390 g/mol. The van der Waals surface area contributed by atoms with Crippen molar-refractivity contribution in [3.05, 3.63) is 41.5 Å². The molecule has 1 fully saturated rings. The molecule has 148 valence electrons. The van der Waals surface area contributed by atoms with Crippen molar-refractivity contribution in [3.8, 4) is 22.6 Å². The fraction of sp³-hybridized carbons (Fsp3) is 0.429. The summed E-state index contributed by atoms with van der Waals surface area (Å²) in [5.41, 5.74) is 1.83. The Balaban J connectivity index is 1.70. The number of ether oxygens (including phenoxy) is 1. The normalized spacial score (nSPS) is 23.6. The van der Waals surface area contributed by atoms with E-state index in [-0.39, 0.29) is 11.5 Å². The van der Waals surface area contributed by atoms with Crippen LogP contribution in [-0.2, 0) is 6.18 Å². The third-order valence-corrected chi connectivity index (χ3v) is 6.06. The second kappa shape index (κ2) is 6.30. The van der Waals surface area contributed by atoms with Crippen molar-refractivity contribution in [1.29, 1.82) is 0 Å². The SMILES string of the molecule is Oc1ccc(-c2cc3c4c(c2)[C@@H]2CNCC[C@@H]2N4CCCO3)c(C(F)(F)F)c1. The summed E-state index contributed by atoms with van der Waals surface area (Å²) >= 11 is 0. The number of halogens is 3. The Morgan fingerprint density at radius 2 is 2.04 bits per heavy atom. The van der Waals surface area contributed by atoms with Gasteiger partial charge in [0.25, 0.3) is 0 Å². The molecule has 2 aromatic rings. The van der Waals surface area contributed by atoms with E-state index in [2.05, 4.69) is 10.2 Å². The number of fused-ring (bicyclic) bond motifs is 3.